The van der Waals surface area contributed by atoms with Gasteiger partial charge in [-0.25, -0.2) is 9.37 Å². The molecule has 0 spiro atoms. The summed E-state index contributed by atoms with van der Waals surface area (Å²) >= 11 is 1.34. The van der Waals surface area contributed by atoms with E-state index >= 15 is 0 Å². The highest BCUT2D eigenvalue weighted by Crippen LogP contribution is 2.33. The lowest BCUT2D eigenvalue weighted by molar-refractivity contribution is -0.121. The van der Waals surface area contributed by atoms with Gasteiger partial charge in [0.1, 0.15) is 11.9 Å². The van der Waals surface area contributed by atoms with Gasteiger partial charge in [0.05, 0.1) is 5.56 Å². The van der Waals surface area contributed by atoms with Crippen LogP contribution in [0.1, 0.15) is 54.4 Å². The highest BCUT2D eigenvalue weighted by atomic mass is 32.1. The van der Waals surface area contributed by atoms with Crippen molar-refractivity contribution in [2.45, 2.75) is 51.1 Å². The molecule has 4 rings (SSSR count). The van der Waals surface area contributed by atoms with Gasteiger partial charge in [-0.05, 0) is 24.0 Å². The number of benzene rings is 1. The first-order valence-corrected chi connectivity index (χ1v) is 10.3. The Morgan fingerprint density at radius 2 is 2.15 bits per heavy atom. The second-order valence-corrected chi connectivity index (χ2v) is 8.18. The predicted octanol–water partition coefficient (Wildman–Crippen LogP) is 4.22. The molecule has 0 radical (unpaired) electrons. The maximum absolute atomic E-state index is 14.2. The molecular formula is C20H22FN3O2S. The molecule has 2 amide bonds. The van der Waals surface area contributed by atoms with Gasteiger partial charge < -0.3 is 10.2 Å². The standard InChI is InChI=1S/C20H22FN3O2S/c21-15-8-4-7-14-12-24(19(26)17(14)15)16(11-13-5-2-1-3-6-13)18(25)23-20-22-9-10-27-20/h4,7-10,13,16H,1-3,5-6,11-12H2,(H,22,23,25)/t16-/m1/s1. The second-order valence-electron chi connectivity index (χ2n) is 7.29. The lowest BCUT2D eigenvalue weighted by Gasteiger charge is -2.31. The van der Waals surface area contributed by atoms with Crippen LogP contribution in [-0.2, 0) is 11.3 Å². The fourth-order valence-corrected chi connectivity index (χ4v) is 4.71. The molecule has 27 heavy (non-hydrogen) atoms. The number of carbonyl (C=O) groups is 2. The van der Waals surface area contributed by atoms with E-state index in [9.17, 15) is 14.0 Å². The minimum atomic E-state index is -0.615. The fourth-order valence-electron chi connectivity index (χ4n) is 4.18. The molecule has 1 aromatic heterocycles. The largest absolute Gasteiger partial charge is 0.322 e. The Balaban J connectivity index is 1.58. The maximum Gasteiger partial charge on any atom is 0.258 e. The summed E-state index contributed by atoms with van der Waals surface area (Å²) in [5, 5.41) is 5.14. The van der Waals surface area contributed by atoms with E-state index < -0.39 is 17.8 Å². The van der Waals surface area contributed by atoms with Crippen LogP contribution in [0.2, 0.25) is 0 Å². The van der Waals surface area contributed by atoms with Gasteiger partial charge in [-0.2, -0.15) is 0 Å². The van der Waals surface area contributed by atoms with Crippen molar-refractivity contribution in [1.82, 2.24) is 9.88 Å². The topological polar surface area (TPSA) is 62.3 Å². The van der Waals surface area contributed by atoms with Crippen molar-refractivity contribution in [1.29, 1.82) is 0 Å². The SMILES string of the molecule is O=C(Nc1nccs1)[C@@H](CC1CCCCC1)N1Cc2cccc(F)c2C1=O. The first-order chi connectivity index (χ1) is 13.1. The van der Waals surface area contributed by atoms with Crippen molar-refractivity contribution in [3.8, 4) is 0 Å². The van der Waals surface area contributed by atoms with Crippen LogP contribution in [0.25, 0.3) is 0 Å². The zero-order valence-corrected chi connectivity index (χ0v) is 15.8. The number of carbonyl (C=O) groups excluding carboxylic acids is 2. The van der Waals surface area contributed by atoms with Crippen LogP contribution >= 0.6 is 11.3 Å². The summed E-state index contributed by atoms with van der Waals surface area (Å²) in [6.07, 6.45) is 7.93. The molecular weight excluding hydrogens is 365 g/mol. The zero-order chi connectivity index (χ0) is 18.8. The Hall–Kier alpha value is -2.28. The van der Waals surface area contributed by atoms with Gasteiger partial charge in [-0.3, -0.25) is 9.59 Å². The third kappa shape index (κ3) is 3.74. The van der Waals surface area contributed by atoms with Crippen molar-refractivity contribution in [3.05, 3.63) is 46.7 Å². The number of fused-ring (bicyclic) bond motifs is 1. The number of anilines is 1. The van der Waals surface area contributed by atoms with Crippen molar-refractivity contribution in [2.24, 2.45) is 5.92 Å². The number of amides is 2. The molecule has 1 aliphatic heterocycles. The Labute approximate surface area is 161 Å². The molecule has 0 unspecified atom stereocenters. The highest BCUT2D eigenvalue weighted by molar-refractivity contribution is 7.13. The number of aromatic nitrogens is 1. The van der Waals surface area contributed by atoms with Gasteiger partial charge in [0.25, 0.3) is 5.91 Å². The van der Waals surface area contributed by atoms with Gasteiger partial charge in [0.2, 0.25) is 5.91 Å². The second kappa shape index (κ2) is 7.76. The average Bonchev–Trinajstić information content (AvgIpc) is 3.29. The third-order valence-electron chi connectivity index (χ3n) is 5.54. The molecule has 2 aliphatic rings. The van der Waals surface area contributed by atoms with Crippen LogP contribution in [0.5, 0.6) is 0 Å². The average molecular weight is 387 g/mol. The number of halogens is 1. The normalized spacial score (nSPS) is 18.4. The number of thiazole rings is 1. The maximum atomic E-state index is 14.2. The van der Waals surface area contributed by atoms with E-state index in [1.165, 1.54) is 28.7 Å². The molecule has 1 saturated carbocycles. The number of hydrogen-bond acceptors (Lipinski definition) is 4. The summed E-state index contributed by atoms with van der Waals surface area (Å²) in [6.45, 7) is 0.272. The molecule has 1 aromatic carbocycles. The molecule has 5 nitrogen and oxygen atoms in total. The molecule has 0 bridgehead atoms. The molecule has 7 heteroatoms. The summed E-state index contributed by atoms with van der Waals surface area (Å²) in [4.78, 5) is 31.6. The minimum Gasteiger partial charge on any atom is -0.322 e. The Morgan fingerprint density at radius 3 is 2.85 bits per heavy atom. The lowest BCUT2D eigenvalue weighted by atomic mass is 9.84. The Bertz CT molecular complexity index is 834. The monoisotopic (exact) mass is 387 g/mol. The van der Waals surface area contributed by atoms with Gasteiger partial charge in [-0.15, -0.1) is 11.3 Å². The zero-order valence-electron chi connectivity index (χ0n) is 15.0. The Kier molecular flexibility index (Phi) is 5.20. The summed E-state index contributed by atoms with van der Waals surface area (Å²) < 4.78 is 14.2. The molecule has 142 valence electrons. The van der Waals surface area contributed by atoms with Gasteiger partial charge in [0.15, 0.2) is 5.13 Å². The van der Waals surface area contributed by atoms with Crippen LogP contribution in [0.3, 0.4) is 0 Å². The van der Waals surface area contributed by atoms with Crippen molar-refractivity contribution in [2.75, 3.05) is 5.32 Å². The smallest absolute Gasteiger partial charge is 0.258 e. The third-order valence-corrected chi connectivity index (χ3v) is 6.23. The fraction of sp³-hybridized carbons (Fsp3) is 0.450. The number of rotatable bonds is 5. The van der Waals surface area contributed by atoms with Crippen molar-refractivity contribution >= 4 is 28.3 Å². The van der Waals surface area contributed by atoms with E-state index in [2.05, 4.69) is 10.3 Å². The van der Waals surface area contributed by atoms with Crippen LogP contribution in [0.15, 0.2) is 29.8 Å². The van der Waals surface area contributed by atoms with E-state index in [0.29, 0.717) is 23.0 Å². The predicted molar refractivity (Wildman–Crippen MR) is 102 cm³/mol. The summed E-state index contributed by atoms with van der Waals surface area (Å²) in [6, 6.07) is 4.05. The number of hydrogen-bond donors (Lipinski definition) is 1. The molecule has 1 aliphatic carbocycles. The summed E-state index contributed by atoms with van der Waals surface area (Å²) in [5.41, 5.74) is 0.754. The highest BCUT2D eigenvalue weighted by Gasteiger charge is 2.39. The van der Waals surface area contributed by atoms with E-state index in [-0.39, 0.29) is 18.0 Å². The molecule has 0 saturated heterocycles. The lowest BCUT2D eigenvalue weighted by Crippen LogP contribution is -2.45. The molecule has 2 heterocycles. The first kappa shape index (κ1) is 18.1. The van der Waals surface area contributed by atoms with Gasteiger partial charge in [-0.1, -0.05) is 44.2 Å². The van der Waals surface area contributed by atoms with E-state index in [1.807, 2.05) is 0 Å². The van der Waals surface area contributed by atoms with Crippen LogP contribution < -0.4 is 5.32 Å². The van der Waals surface area contributed by atoms with Crippen molar-refractivity contribution < 1.29 is 14.0 Å². The molecule has 2 aromatic rings. The van der Waals surface area contributed by atoms with E-state index in [1.54, 1.807) is 23.7 Å². The van der Waals surface area contributed by atoms with E-state index in [4.69, 9.17) is 0 Å². The number of nitrogens with zero attached hydrogens (tertiary/aromatic N) is 2. The van der Waals surface area contributed by atoms with Crippen LogP contribution in [-0.4, -0.2) is 27.7 Å². The van der Waals surface area contributed by atoms with E-state index in [0.717, 1.165) is 25.7 Å². The van der Waals surface area contributed by atoms with Crippen molar-refractivity contribution in [3.63, 3.8) is 0 Å². The summed E-state index contributed by atoms with van der Waals surface area (Å²) in [5.74, 6) is -0.737. The van der Waals surface area contributed by atoms with Gasteiger partial charge in [0, 0.05) is 18.1 Å². The molecule has 1 fully saturated rings. The molecule has 1 N–H and O–H groups in total. The van der Waals surface area contributed by atoms with Crippen LogP contribution in [0, 0.1) is 11.7 Å². The van der Waals surface area contributed by atoms with Crippen LogP contribution in [0.4, 0.5) is 9.52 Å². The summed E-state index contributed by atoms with van der Waals surface area (Å²) in [7, 11) is 0. The first-order valence-electron chi connectivity index (χ1n) is 9.42. The quantitative estimate of drug-likeness (QED) is 0.836. The number of nitrogens with one attached hydrogen (secondary N) is 1. The minimum absolute atomic E-state index is 0.105. The molecule has 1 atom stereocenters. The van der Waals surface area contributed by atoms with Gasteiger partial charge >= 0.3 is 0 Å². The Morgan fingerprint density at radius 1 is 1.33 bits per heavy atom.